The van der Waals surface area contributed by atoms with Crippen molar-refractivity contribution in [3.05, 3.63) is 82.0 Å². The molecule has 0 spiro atoms. The first-order chi connectivity index (χ1) is 13.8. The quantitative estimate of drug-likeness (QED) is 0.512. The van der Waals surface area contributed by atoms with Crippen LogP contribution in [0, 0.1) is 0 Å². The van der Waals surface area contributed by atoms with Gasteiger partial charge < -0.3 is 10.1 Å². The van der Waals surface area contributed by atoms with E-state index < -0.39 is 0 Å². The molecule has 0 radical (unpaired) electrons. The third-order valence-corrected chi connectivity index (χ3v) is 5.22. The van der Waals surface area contributed by atoms with Gasteiger partial charge in [-0.3, -0.25) is 14.8 Å². The molecule has 0 bridgehead atoms. The van der Waals surface area contributed by atoms with Gasteiger partial charge in [-0.05, 0) is 30.5 Å². The molecule has 1 aromatic carbocycles. The van der Waals surface area contributed by atoms with Crippen molar-refractivity contribution in [1.29, 1.82) is 0 Å². The van der Waals surface area contributed by atoms with Gasteiger partial charge in [0.1, 0.15) is 5.75 Å². The number of aryl methyl sites for hydroxylation is 2. The van der Waals surface area contributed by atoms with Crippen LogP contribution in [0.4, 0.5) is 5.95 Å². The number of aromatic nitrogens is 3. The van der Waals surface area contributed by atoms with Crippen molar-refractivity contribution in [3.8, 4) is 5.75 Å². The van der Waals surface area contributed by atoms with Crippen LogP contribution >= 0.6 is 11.8 Å². The summed E-state index contributed by atoms with van der Waals surface area (Å²) in [5.41, 5.74) is 2.76. The number of anilines is 1. The summed E-state index contributed by atoms with van der Waals surface area (Å²) >= 11 is 1.74. The van der Waals surface area contributed by atoms with Gasteiger partial charge in [-0.1, -0.05) is 30.3 Å². The van der Waals surface area contributed by atoms with Crippen molar-refractivity contribution in [2.75, 3.05) is 24.7 Å². The second-order valence-corrected chi connectivity index (χ2v) is 7.31. The molecular weight excluding hydrogens is 372 g/mol. The van der Waals surface area contributed by atoms with E-state index in [4.69, 9.17) is 4.74 Å². The summed E-state index contributed by atoms with van der Waals surface area (Å²) in [4.78, 5) is 23.7. The first-order valence-corrected chi connectivity index (χ1v) is 10.3. The number of rotatable bonds is 10. The number of pyridine rings is 1. The first kappa shape index (κ1) is 19.9. The molecule has 7 heteroatoms. The van der Waals surface area contributed by atoms with E-state index in [9.17, 15) is 4.79 Å². The second kappa shape index (κ2) is 10.5. The highest BCUT2D eigenvalue weighted by atomic mass is 32.2. The number of methoxy groups -OCH3 is 1. The van der Waals surface area contributed by atoms with E-state index in [1.54, 1.807) is 31.3 Å². The normalized spacial score (nSPS) is 10.6. The van der Waals surface area contributed by atoms with E-state index in [0.717, 1.165) is 29.4 Å². The lowest BCUT2D eigenvalue weighted by molar-refractivity contribution is 0.409. The zero-order chi connectivity index (χ0) is 19.6. The van der Waals surface area contributed by atoms with E-state index in [1.165, 1.54) is 5.56 Å². The lowest BCUT2D eigenvalue weighted by atomic mass is 10.1. The van der Waals surface area contributed by atoms with Crippen LogP contribution in [0.3, 0.4) is 0 Å². The summed E-state index contributed by atoms with van der Waals surface area (Å²) in [5, 5.41) is 3.16. The number of ether oxygens (including phenoxy) is 1. The summed E-state index contributed by atoms with van der Waals surface area (Å²) in [5.74, 6) is 2.94. The fourth-order valence-corrected chi connectivity index (χ4v) is 3.54. The number of benzene rings is 1. The van der Waals surface area contributed by atoms with Gasteiger partial charge in [-0.15, -0.1) is 0 Å². The molecule has 0 aliphatic carbocycles. The average molecular weight is 397 g/mol. The van der Waals surface area contributed by atoms with Gasteiger partial charge in [0, 0.05) is 36.0 Å². The van der Waals surface area contributed by atoms with Crippen molar-refractivity contribution < 1.29 is 4.74 Å². The maximum absolute atomic E-state index is 12.2. The SMILES string of the molecule is COc1cccnc1CSCCNc1ncc(CCc2ccccc2)c(=O)[nH]1. The van der Waals surface area contributed by atoms with Gasteiger partial charge in [0.05, 0.1) is 12.8 Å². The molecule has 0 unspecified atom stereocenters. The highest BCUT2D eigenvalue weighted by Crippen LogP contribution is 2.20. The van der Waals surface area contributed by atoms with Gasteiger partial charge in [0.15, 0.2) is 0 Å². The second-order valence-electron chi connectivity index (χ2n) is 6.20. The molecule has 2 N–H and O–H groups in total. The van der Waals surface area contributed by atoms with Crippen LogP contribution < -0.4 is 15.6 Å². The number of hydrogen-bond acceptors (Lipinski definition) is 6. The minimum Gasteiger partial charge on any atom is -0.495 e. The molecular formula is C21H24N4O2S. The van der Waals surface area contributed by atoms with E-state index in [2.05, 4.69) is 32.4 Å². The van der Waals surface area contributed by atoms with Crippen molar-refractivity contribution in [3.63, 3.8) is 0 Å². The molecule has 2 heterocycles. The molecule has 3 aromatic rings. The van der Waals surface area contributed by atoms with Crippen molar-refractivity contribution >= 4 is 17.7 Å². The van der Waals surface area contributed by atoms with Crippen molar-refractivity contribution in [2.45, 2.75) is 18.6 Å². The lowest BCUT2D eigenvalue weighted by Crippen LogP contribution is -2.18. The molecule has 6 nitrogen and oxygen atoms in total. The van der Waals surface area contributed by atoms with Crippen LogP contribution in [0.1, 0.15) is 16.8 Å². The maximum Gasteiger partial charge on any atom is 0.255 e. The number of thioether (sulfide) groups is 1. The van der Waals surface area contributed by atoms with E-state index in [1.807, 2.05) is 30.3 Å². The molecule has 3 rings (SSSR count). The molecule has 0 saturated carbocycles. The molecule has 2 aromatic heterocycles. The maximum atomic E-state index is 12.2. The average Bonchev–Trinajstić information content (AvgIpc) is 2.74. The predicted molar refractivity (Wildman–Crippen MR) is 114 cm³/mol. The molecule has 0 saturated heterocycles. The summed E-state index contributed by atoms with van der Waals surface area (Å²) in [7, 11) is 1.65. The van der Waals surface area contributed by atoms with Crippen LogP contribution in [0.2, 0.25) is 0 Å². The van der Waals surface area contributed by atoms with Crippen LogP contribution in [0.5, 0.6) is 5.75 Å². The van der Waals surface area contributed by atoms with E-state index >= 15 is 0 Å². The van der Waals surface area contributed by atoms with Crippen LogP contribution in [0.15, 0.2) is 59.7 Å². The summed E-state index contributed by atoms with van der Waals surface area (Å²) in [6.45, 7) is 0.701. The largest absolute Gasteiger partial charge is 0.495 e. The zero-order valence-corrected chi connectivity index (χ0v) is 16.7. The number of hydrogen-bond donors (Lipinski definition) is 2. The molecule has 0 atom stereocenters. The van der Waals surface area contributed by atoms with Crippen molar-refractivity contribution in [1.82, 2.24) is 15.0 Å². The Morgan fingerprint density at radius 3 is 2.75 bits per heavy atom. The molecule has 0 fully saturated rings. The van der Waals surface area contributed by atoms with Gasteiger partial charge in [0.25, 0.3) is 5.56 Å². The minimum absolute atomic E-state index is 0.0840. The third-order valence-electron chi connectivity index (χ3n) is 4.24. The lowest BCUT2D eigenvalue weighted by Gasteiger charge is -2.08. The fourth-order valence-electron chi connectivity index (χ4n) is 2.74. The monoisotopic (exact) mass is 396 g/mol. The van der Waals surface area contributed by atoms with Gasteiger partial charge in [-0.2, -0.15) is 11.8 Å². The number of aromatic amines is 1. The topological polar surface area (TPSA) is 79.9 Å². The number of H-pyrrole nitrogens is 1. The Balaban J connectivity index is 1.42. The smallest absolute Gasteiger partial charge is 0.255 e. The Morgan fingerprint density at radius 1 is 1.11 bits per heavy atom. The van der Waals surface area contributed by atoms with Crippen LogP contribution in [-0.2, 0) is 18.6 Å². The van der Waals surface area contributed by atoms with Gasteiger partial charge in [-0.25, -0.2) is 4.98 Å². The third kappa shape index (κ3) is 5.85. The highest BCUT2D eigenvalue weighted by molar-refractivity contribution is 7.98. The Labute approximate surface area is 168 Å². The number of nitrogens with zero attached hydrogens (tertiary/aromatic N) is 2. The van der Waals surface area contributed by atoms with Crippen LogP contribution in [0.25, 0.3) is 0 Å². The van der Waals surface area contributed by atoms with Gasteiger partial charge in [0.2, 0.25) is 5.95 Å². The summed E-state index contributed by atoms with van der Waals surface area (Å²) < 4.78 is 5.30. The van der Waals surface area contributed by atoms with Crippen LogP contribution in [-0.4, -0.2) is 34.4 Å². The Bertz CT molecular complexity index is 931. The zero-order valence-electron chi connectivity index (χ0n) is 15.9. The van der Waals surface area contributed by atoms with E-state index in [-0.39, 0.29) is 5.56 Å². The van der Waals surface area contributed by atoms with Crippen molar-refractivity contribution in [2.24, 2.45) is 0 Å². The molecule has 28 heavy (non-hydrogen) atoms. The minimum atomic E-state index is -0.0840. The molecule has 0 aliphatic rings. The number of nitrogens with one attached hydrogen (secondary N) is 2. The van der Waals surface area contributed by atoms with Gasteiger partial charge >= 0.3 is 0 Å². The summed E-state index contributed by atoms with van der Waals surface area (Å²) in [6, 6.07) is 13.9. The molecule has 0 amide bonds. The summed E-state index contributed by atoms with van der Waals surface area (Å²) in [6.07, 6.45) is 4.93. The van der Waals surface area contributed by atoms with E-state index in [0.29, 0.717) is 24.5 Å². The fraction of sp³-hybridized carbons (Fsp3) is 0.286. The Morgan fingerprint density at radius 2 is 1.96 bits per heavy atom. The highest BCUT2D eigenvalue weighted by Gasteiger charge is 2.05. The Kier molecular flexibility index (Phi) is 7.49. The molecule has 0 aliphatic heterocycles. The first-order valence-electron chi connectivity index (χ1n) is 9.18. The standard InChI is InChI=1S/C21H24N4O2S/c1-27-19-8-5-11-22-18(19)15-28-13-12-23-21-24-14-17(20(26)25-21)10-9-16-6-3-2-4-7-16/h2-8,11,14H,9-10,12-13,15H2,1H3,(H2,23,24,25,26). The predicted octanol–water partition coefficient (Wildman–Crippen LogP) is 3.30. The Hall–Kier alpha value is -2.80. The molecule has 146 valence electrons.